The highest BCUT2D eigenvalue weighted by Crippen LogP contribution is 2.24. The summed E-state index contributed by atoms with van der Waals surface area (Å²) in [5.41, 5.74) is -0.625. The molecule has 0 fully saturated rings. The summed E-state index contributed by atoms with van der Waals surface area (Å²) in [6.45, 7) is 8.28. The SMILES string of the molecule is CC(CO)CCC[C@](C)(O)CCC[C@@H](C)CCC(=O)C(C)CCO. The molecule has 0 aromatic carbocycles. The molecule has 0 aromatic rings. The van der Waals surface area contributed by atoms with Crippen LogP contribution in [0.2, 0.25) is 0 Å². The van der Waals surface area contributed by atoms with Gasteiger partial charge >= 0.3 is 0 Å². The minimum absolute atomic E-state index is 0.0377. The van der Waals surface area contributed by atoms with Crippen LogP contribution >= 0.6 is 0 Å². The number of ketones is 1. The van der Waals surface area contributed by atoms with Crippen LogP contribution in [0.1, 0.15) is 85.5 Å². The average Bonchev–Trinajstić information content (AvgIpc) is 2.52. The second-order valence-corrected chi connectivity index (χ2v) is 8.09. The number of hydrogen-bond acceptors (Lipinski definition) is 4. The van der Waals surface area contributed by atoms with Gasteiger partial charge in [0, 0.05) is 25.6 Å². The van der Waals surface area contributed by atoms with E-state index in [4.69, 9.17) is 10.2 Å². The first kappa shape index (κ1) is 23.5. The number of Topliss-reactive ketones (excluding diaryl/α,β-unsaturated/α-hetero) is 1. The fourth-order valence-corrected chi connectivity index (χ4v) is 3.01. The van der Waals surface area contributed by atoms with Gasteiger partial charge in [0.15, 0.2) is 0 Å². The predicted molar refractivity (Wildman–Crippen MR) is 98.8 cm³/mol. The molecule has 0 saturated carbocycles. The first-order valence-corrected chi connectivity index (χ1v) is 9.68. The Kier molecular flexibility index (Phi) is 12.6. The van der Waals surface area contributed by atoms with Gasteiger partial charge in [0.2, 0.25) is 0 Å². The average molecular weight is 345 g/mol. The van der Waals surface area contributed by atoms with Crippen molar-refractivity contribution in [2.45, 2.75) is 91.1 Å². The van der Waals surface area contributed by atoms with Crippen LogP contribution in [0.25, 0.3) is 0 Å². The van der Waals surface area contributed by atoms with Crippen molar-refractivity contribution in [2.24, 2.45) is 17.8 Å². The summed E-state index contributed by atoms with van der Waals surface area (Å²) in [5, 5.41) is 28.3. The third-order valence-corrected chi connectivity index (χ3v) is 5.13. The second-order valence-electron chi connectivity index (χ2n) is 8.09. The van der Waals surface area contributed by atoms with Crippen LogP contribution in [0, 0.1) is 17.8 Å². The molecule has 0 amide bonds. The molecular weight excluding hydrogens is 304 g/mol. The quantitative estimate of drug-likeness (QED) is 0.423. The second kappa shape index (κ2) is 12.8. The Hall–Kier alpha value is -0.450. The van der Waals surface area contributed by atoms with Gasteiger partial charge in [-0.1, -0.05) is 40.0 Å². The lowest BCUT2D eigenvalue weighted by atomic mass is 9.88. The molecule has 0 aromatic heterocycles. The van der Waals surface area contributed by atoms with Gasteiger partial charge in [-0.2, -0.15) is 0 Å². The van der Waals surface area contributed by atoms with E-state index in [1.165, 1.54) is 0 Å². The maximum absolute atomic E-state index is 11.9. The number of carbonyl (C=O) groups excluding carboxylic acids is 1. The van der Waals surface area contributed by atoms with Crippen LogP contribution in [0.5, 0.6) is 0 Å². The zero-order valence-electron chi connectivity index (χ0n) is 16.3. The lowest BCUT2D eigenvalue weighted by Gasteiger charge is -2.24. The predicted octanol–water partition coefficient (Wildman–Crippen LogP) is 3.71. The Balaban J connectivity index is 3.85. The van der Waals surface area contributed by atoms with Crippen molar-refractivity contribution in [1.29, 1.82) is 0 Å². The Morgan fingerprint density at radius 3 is 1.96 bits per heavy atom. The van der Waals surface area contributed by atoms with E-state index in [1.807, 2.05) is 20.8 Å². The molecule has 0 aliphatic rings. The van der Waals surface area contributed by atoms with Gasteiger partial charge < -0.3 is 15.3 Å². The van der Waals surface area contributed by atoms with Crippen molar-refractivity contribution >= 4 is 5.78 Å². The molecule has 144 valence electrons. The number of carbonyl (C=O) groups is 1. The summed E-state index contributed by atoms with van der Waals surface area (Å²) in [4.78, 5) is 11.9. The highest BCUT2D eigenvalue weighted by molar-refractivity contribution is 5.80. The number of hydrogen-bond donors (Lipinski definition) is 3. The largest absolute Gasteiger partial charge is 0.396 e. The first-order valence-electron chi connectivity index (χ1n) is 9.68. The molecule has 4 heteroatoms. The van der Waals surface area contributed by atoms with E-state index in [1.54, 1.807) is 0 Å². The lowest BCUT2D eigenvalue weighted by Crippen LogP contribution is -2.24. The van der Waals surface area contributed by atoms with E-state index >= 15 is 0 Å². The molecule has 0 heterocycles. The van der Waals surface area contributed by atoms with Crippen molar-refractivity contribution < 1.29 is 20.1 Å². The van der Waals surface area contributed by atoms with Crippen LogP contribution < -0.4 is 0 Å². The normalized spacial score (nSPS) is 18.0. The van der Waals surface area contributed by atoms with Gasteiger partial charge in [-0.05, 0) is 50.9 Å². The molecule has 0 aliphatic heterocycles. The van der Waals surface area contributed by atoms with E-state index in [0.29, 0.717) is 24.7 Å². The van der Waals surface area contributed by atoms with Gasteiger partial charge in [0.05, 0.1) is 5.60 Å². The van der Waals surface area contributed by atoms with Crippen LogP contribution in [0.3, 0.4) is 0 Å². The van der Waals surface area contributed by atoms with Crippen molar-refractivity contribution in [2.75, 3.05) is 13.2 Å². The number of aliphatic hydroxyl groups excluding tert-OH is 2. The fourth-order valence-electron chi connectivity index (χ4n) is 3.01. The highest BCUT2D eigenvalue weighted by atomic mass is 16.3. The van der Waals surface area contributed by atoms with Crippen LogP contribution in [-0.2, 0) is 4.79 Å². The van der Waals surface area contributed by atoms with Crippen molar-refractivity contribution in [3.05, 3.63) is 0 Å². The van der Waals surface area contributed by atoms with E-state index in [2.05, 4.69) is 6.92 Å². The summed E-state index contributed by atoms with van der Waals surface area (Å²) in [6.07, 6.45) is 7.53. The molecule has 4 nitrogen and oxygen atoms in total. The molecule has 0 radical (unpaired) electrons. The molecule has 0 saturated heterocycles. The summed E-state index contributed by atoms with van der Waals surface area (Å²) < 4.78 is 0. The molecule has 3 N–H and O–H groups in total. The lowest BCUT2D eigenvalue weighted by molar-refractivity contribution is -0.123. The van der Waals surface area contributed by atoms with Gasteiger partial charge in [0.25, 0.3) is 0 Å². The van der Waals surface area contributed by atoms with Crippen molar-refractivity contribution in [1.82, 2.24) is 0 Å². The van der Waals surface area contributed by atoms with E-state index < -0.39 is 5.60 Å². The Bertz CT molecular complexity index is 328. The Morgan fingerprint density at radius 2 is 1.46 bits per heavy atom. The maximum atomic E-state index is 11.9. The Morgan fingerprint density at radius 1 is 0.917 bits per heavy atom. The molecule has 0 bridgehead atoms. The molecule has 0 rings (SSSR count). The summed E-state index contributed by atoms with van der Waals surface area (Å²) in [6, 6.07) is 0. The third kappa shape index (κ3) is 12.0. The smallest absolute Gasteiger partial charge is 0.135 e. The standard InChI is InChI=1S/C20H40O4/c1-16(9-10-19(23)18(3)11-14-21)7-5-12-20(4,24)13-6-8-17(2)15-22/h16-18,21-22,24H,5-15H2,1-4H3/t16-,17?,18?,20-/m1/s1. The Labute approximate surface area is 148 Å². The van der Waals surface area contributed by atoms with Gasteiger partial charge in [-0.25, -0.2) is 0 Å². The summed E-state index contributed by atoms with van der Waals surface area (Å²) >= 11 is 0. The molecule has 24 heavy (non-hydrogen) atoms. The zero-order chi connectivity index (χ0) is 18.6. The minimum atomic E-state index is -0.625. The highest BCUT2D eigenvalue weighted by Gasteiger charge is 2.20. The van der Waals surface area contributed by atoms with Crippen molar-refractivity contribution in [3.63, 3.8) is 0 Å². The van der Waals surface area contributed by atoms with E-state index in [-0.39, 0.29) is 24.9 Å². The molecule has 0 aliphatic carbocycles. The minimum Gasteiger partial charge on any atom is -0.396 e. The maximum Gasteiger partial charge on any atom is 0.135 e. The van der Waals surface area contributed by atoms with Gasteiger partial charge in [0.1, 0.15) is 5.78 Å². The number of aliphatic hydroxyl groups is 3. The molecule has 2 unspecified atom stereocenters. The van der Waals surface area contributed by atoms with E-state index in [9.17, 15) is 9.90 Å². The zero-order valence-corrected chi connectivity index (χ0v) is 16.3. The van der Waals surface area contributed by atoms with Crippen LogP contribution in [-0.4, -0.2) is 39.9 Å². The van der Waals surface area contributed by atoms with Gasteiger partial charge in [-0.15, -0.1) is 0 Å². The monoisotopic (exact) mass is 344 g/mol. The van der Waals surface area contributed by atoms with E-state index in [0.717, 1.165) is 44.9 Å². The summed E-state index contributed by atoms with van der Waals surface area (Å²) in [5.74, 6) is 1.01. The van der Waals surface area contributed by atoms with Gasteiger partial charge in [-0.3, -0.25) is 4.79 Å². The fraction of sp³-hybridized carbons (Fsp3) is 0.950. The van der Waals surface area contributed by atoms with Crippen LogP contribution in [0.4, 0.5) is 0 Å². The third-order valence-electron chi connectivity index (χ3n) is 5.13. The molecule has 4 atom stereocenters. The molecular formula is C20H40O4. The first-order chi connectivity index (χ1) is 11.2. The number of rotatable bonds is 15. The topological polar surface area (TPSA) is 77.8 Å². The molecule has 0 spiro atoms. The van der Waals surface area contributed by atoms with Crippen molar-refractivity contribution in [3.8, 4) is 0 Å². The summed E-state index contributed by atoms with van der Waals surface area (Å²) in [7, 11) is 0. The van der Waals surface area contributed by atoms with Crippen LogP contribution in [0.15, 0.2) is 0 Å².